The highest BCUT2D eigenvalue weighted by Crippen LogP contribution is 2.27. The van der Waals surface area contributed by atoms with E-state index in [0.717, 1.165) is 11.3 Å². The van der Waals surface area contributed by atoms with Gasteiger partial charge in [-0.05, 0) is 49.2 Å². The van der Waals surface area contributed by atoms with Gasteiger partial charge in [0.25, 0.3) is 0 Å². The summed E-state index contributed by atoms with van der Waals surface area (Å²) >= 11 is 5.92. The lowest BCUT2D eigenvalue weighted by Gasteiger charge is -2.12. The van der Waals surface area contributed by atoms with E-state index in [0.29, 0.717) is 23.8 Å². The molecule has 0 atom stereocenters. The highest BCUT2D eigenvalue weighted by Gasteiger charge is 2.19. The van der Waals surface area contributed by atoms with Gasteiger partial charge in [-0.3, -0.25) is 0 Å². The van der Waals surface area contributed by atoms with Crippen LogP contribution in [0.1, 0.15) is 12.5 Å². The molecular formula is C17H20ClNO4S. The zero-order chi connectivity index (χ0) is 17.6. The van der Waals surface area contributed by atoms with Gasteiger partial charge in [-0.2, -0.15) is 0 Å². The number of hydrogen-bond acceptors (Lipinski definition) is 4. The number of methoxy groups -OCH3 is 1. The second-order valence-electron chi connectivity index (χ2n) is 5.02. The maximum absolute atomic E-state index is 12.5. The fraction of sp³-hybridized carbons (Fsp3) is 0.294. The molecule has 130 valence electrons. The molecule has 0 saturated carbocycles. The summed E-state index contributed by atoms with van der Waals surface area (Å²) in [5.74, 6) is 1.05. The SMILES string of the molecule is CCOc1ccc(Cl)cc1S(=O)(=O)NCCc1ccc(OC)cc1. The highest BCUT2D eigenvalue weighted by atomic mass is 35.5. The Bertz CT molecular complexity index is 776. The molecule has 5 nitrogen and oxygen atoms in total. The molecule has 1 N–H and O–H groups in total. The van der Waals surface area contributed by atoms with Crippen molar-refractivity contribution in [2.24, 2.45) is 0 Å². The van der Waals surface area contributed by atoms with Crippen LogP contribution in [0.5, 0.6) is 11.5 Å². The number of ether oxygens (including phenoxy) is 2. The Morgan fingerprint density at radius 3 is 2.46 bits per heavy atom. The first kappa shape index (κ1) is 18.6. The summed E-state index contributed by atoms with van der Waals surface area (Å²) in [6.45, 7) is 2.44. The van der Waals surface area contributed by atoms with Crippen molar-refractivity contribution in [3.8, 4) is 11.5 Å². The maximum atomic E-state index is 12.5. The van der Waals surface area contributed by atoms with Crippen molar-refractivity contribution in [1.29, 1.82) is 0 Å². The van der Waals surface area contributed by atoms with Gasteiger partial charge in [-0.1, -0.05) is 23.7 Å². The molecule has 0 spiro atoms. The number of halogens is 1. The Morgan fingerprint density at radius 1 is 1.12 bits per heavy atom. The fourth-order valence-electron chi connectivity index (χ4n) is 2.17. The molecule has 2 aromatic rings. The van der Waals surface area contributed by atoms with E-state index in [9.17, 15) is 8.42 Å². The van der Waals surface area contributed by atoms with Gasteiger partial charge in [-0.25, -0.2) is 13.1 Å². The Labute approximate surface area is 147 Å². The molecule has 0 heterocycles. The number of sulfonamides is 1. The largest absolute Gasteiger partial charge is 0.497 e. The third kappa shape index (κ3) is 4.87. The summed E-state index contributed by atoms with van der Waals surface area (Å²) in [7, 11) is -2.10. The van der Waals surface area contributed by atoms with Crippen LogP contribution in [-0.2, 0) is 16.4 Å². The minimum atomic E-state index is -3.70. The van der Waals surface area contributed by atoms with Crippen molar-refractivity contribution in [3.05, 3.63) is 53.1 Å². The molecule has 0 radical (unpaired) electrons. The summed E-state index contributed by atoms with van der Waals surface area (Å²) in [4.78, 5) is 0.0478. The van der Waals surface area contributed by atoms with Crippen molar-refractivity contribution < 1.29 is 17.9 Å². The highest BCUT2D eigenvalue weighted by molar-refractivity contribution is 7.89. The zero-order valence-corrected chi connectivity index (χ0v) is 15.2. The Hall–Kier alpha value is -1.76. The molecular weight excluding hydrogens is 350 g/mol. The molecule has 7 heteroatoms. The molecule has 0 aromatic heterocycles. The molecule has 0 aliphatic rings. The van der Waals surface area contributed by atoms with Gasteiger partial charge < -0.3 is 9.47 Å². The monoisotopic (exact) mass is 369 g/mol. The average molecular weight is 370 g/mol. The van der Waals surface area contributed by atoms with Gasteiger partial charge in [0.1, 0.15) is 16.4 Å². The average Bonchev–Trinajstić information content (AvgIpc) is 2.57. The van der Waals surface area contributed by atoms with Crippen LogP contribution >= 0.6 is 11.6 Å². The zero-order valence-electron chi connectivity index (χ0n) is 13.6. The van der Waals surface area contributed by atoms with Gasteiger partial charge in [0.15, 0.2) is 0 Å². The Kier molecular flexibility index (Phi) is 6.48. The number of benzene rings is 2. The van der Waals surface area contributed by atoms with Crippen LogP contribution in [0, 0.1) is 0 Å². The minimum Gasteiger partial charge on any atom is -0.497 e. The van der Waals surface area contributed by atoms with E-state index in [-0.39, 0.29) is 11.4 Å². The van der Waals surface area contributed by atoms with Crippen LogP contribution < -0.4 is 14.2 Å². The minimum absolute atomic E-state index is 0.0478. The van der Waals surface area contributed by atoms with E-state index in [4.69, 9.17) is 21.1 Å². The van der Waals surface area contributed by atoms with Gasteiger partial charge in [-0.15, -0.1) is 0 Å². The van der Waals surface area contributed by atoms with Crippen molar-refractivity contribution in [2.75, 3.05) is 20.3 Å². The first-order valence-electron chi connectivity index (χ1n) is 7.51. The summed E-state index contributed by atoms with van der Waals surface area (Å²) in [5.41, 5.74) is 1.01. The quantitative estimate of drug-likeness (QED) is 0.775. The van der Waals surface area contributed by atoms with E-state index < -0.39 is 10.0 Å². The first-order chi connectivity index (χ1) is 11.5. The molecule has 0 bridgehead atoms. The van der Waals surface area contributed by atoms with Crippen molar-refractivity contribution in [3.63, 3.8) is 0 Å². The number of hydrogen-bond donors (Lipinski definition) is 1. The lowest BCUT2D eigenvalue weighted by atomic mass is 10.1. The second-order valence-corrected chi connectivity index (χ2v) is 7.19. The summed E-state index contributed by atoms with van der Waals surface area (Å²) in [6, 6.07) is 12.0. The van der Waals surface area contributed by atoms with Crippen LogP contribution in [0.2, 0.25) is 5.02 Å². The van der Waals surface area contributed by atoms with E-state index in [1.165, 1.54) is 6.07 Å². The molecule has 0 fully saturated rings. The number of rotatable bonds is 8. The van der Waals surface area contributed by atoms with Gasteiger partial charge in [0, 0.05) is 11.6 Å². The predicted octanol–water partition coefficient (Wildman–Crippen LogP) is 3.27. The van der Waals surface area contributed by atoms with E-state index in [1.54, 1.807) is 26.2 Å². The van der Waals surface area contributed by atoms with E-state index >= 15 is 0 Å². The summed E-state index contributed by atoms with van der Waals surface area (Å²) < 4.78 is 38.1. The molecule has 2 aromatic carbocycles. The van der Waals surface area contributed by atoms with Crippen LogP contribution in [0.3, 0.4) is 0 Å². The van der Waals surface area contributed by atoms with Gasteiger partial charge in [0.05, 0.1) is 13.7 Å². The van der Waals surface area contributed by atoms with Crippen LogP contribution in [0.15, 0.2) is 47.4 Å². The summed E-state index contributed by atoms with van der Waals surface area (Å²) in [6.07, 6.45) is 0.563. The predicted molar refractivity (Wildman–Crippen MR) is 94.5 cm³/mol. The van der Waals surface area contributed by atoms with E-state index in [1.807, 2.05) is 24.3 Å². The third-order valence-corrected chi connectivity index (χ3v) is 5.08. The molecule has 0 aliphatic heterocycles. The first-order valence-corrected chi connectivity index (χ1v) is 9.37. The molecule has 24 heavy (non-hydrogen) atoms. The topological polar surface area (TPSA) is 64.6 Å². The smallest absolute Gasteiger partial charge is 0.244 e. The van der Waals surface area contributed by atoms with Crippen LogP contribution in [0.25, 0.3) is 0 Å². The third-order valence-electron chi connectivity index (χ3n) is 3.36. The second kappa shape index (κ2) is 8.37. The lowest BCUT2D eigenvalue weighted by molar-refractivity contribution is 0.331. The summed E-state index contributed by atoms with van der Waals surface area (Å²) in [5, 5.41) is 0.342. The number of nitrogens with one attached hydrogen (secondary N) is 1. The van der Waals surface area contributed by atoms with Crippen LogP contribution in [-0.4, -0.2) is 28.7 Å². The fourth-order valence-corrected chi connectivity index (χ4v) is 3.60. The maximum Gasteiger partial charge on any atom is 0.244 e. The standard InChI is InChI=1S/C17H20ClNO4S/c1-3-23-16-9-6-14(18)12-17(16)24(20,21)19-11-10-13-4-7-15(22-2)8-5-13/h4-9,12,19H,3,10-11H2,1-2H3. The molecule has 0 aliphatic carbocycles. The van der Waals surface area contributed by atoms with Gasteiger partial charge >= 0.3 is 0 Å². The molecule has 0 saturated heterocycles. The molecule has 0 amide bonds. The van der Waals surface area contributed by atoms with Gasteiger partial charge in [0.2, 0.25) is 10.0 Å². The van der Waals surface area contributed by atoms with Crippen LogP contribution in [0.4, 0.5) is 0 Å². The Morgan fingerprint density at radius 2 is 1.83 bits per heavy atom. The van der Waals surface area contributed by atoms with Crippen molar-refractivity contribution >= 4 is 21.6 Å². The lowest BCUT2D eigenvalue weighted by Crippen LogP contribution is -2.26. The normalized spacial score (nSPS) is 11.3. The van der Waals surface area contributed by atoms with E-state index in [2.05, 4.69) is 4.72 Å². The van der Waals surface area contributed by atoms with Crippen molar-refractivity contribution in [1.82, 2.24) is 4.72 Å². The molecule has 0 unspecified atom stereocenters. The molecule has 2 rings (SSSR count). The van der Waals surface area contributed by atoms with Crippen molar-refractivity contribution in [2.45, 2.75) is 18.2 Å². The Balaban J connectivity index is 2.06.